The van der Waals surface area contributed by atoms with Gasteiger partial charge in [-0.05, 0) is 11.7 Å². The van der Waals surface area contributed by atoms with Crippen molar-refractivity contribution in [3.63, 3.8) is 0 Å². The molecule has 1 fully saturated rings. The van der Waals surface area contributed by atoms with Crippen molar-refractivity contribution in [2.24, 2.45) is 0 Å². The van der Waals surface area contributed by atoms with Gasteiger partial charge in [-0.2, -0.15) is 0 Å². The fourth-order valence-corrected chi connectivity index (χ4v) is 3.37. The molecule has 3 nitrogen and oxygen atoms in total. The lowest BCUT2D eigenvalue weighted by Crippen LogP contribution is -2.54. The van der Waals surface area contributed by atoms with Gasteiger partial charge >= 0.3 is 0 Å². The van der Waals surface area contributed by atoms with Gasteiger partial charge in [0.05, 0.1) is 6.42 Å². The average Bonchev–Trinajstić information content (AvgIpc) is 2.06. The summed E-state index contributed by atoms with van der Waals surface area (Å²) >= 11 is 0. The first-order chi connectivity index (χ1) is 5.72. The van der Waals surface area contributed by atoms with Crippen LogP contribution in [0.4, 0.5) is 0 Å². The first-order valence-electron chi connectivity index (χ1n) is 3.80. The zero-order chi connectivity index (χ0) is 8.72. The van der Waals surface area contributed by atoms with E-state index >= 15 is 0 Å². The van der Waals surface area contributed by atoms with E-state index < -0.39 is 10.8 Å². The molecule has 0 N–H and O–H groups in total. The summed E-state index contributed by atoms with van der Waals surface area (Å²) in [5, 5.41) is -0.0159. The molecule has 2 heterocycles. The van der Waals surface area contributed by atoms with Gasteiger partial charge in [-0.15, -0.1) is 9.24 Å². The van der Waals surface area contributed by atoms with Crippen LogP contribution in [0.25, 0.3) is 0 Å². The van der Waals surface area contributed by atoms with E-state index in [1.54, 1.807) is 4.90 Å². The van der Waals surface area contributed by atoms with Crippen LogP contribution in [0.2, 0.25) is 0 Å². The van der Waals surface area contributed by atoms with E-state index in [2.05, 4.69) is 9.24 Å². The van der Waals surface area contributed by atoms with Gasteiger partial charge in [-0.3, -0.25) is 9.00 Å². The Bertz CT molecular complexity index is 289. The van der Waals surface area contributed by atoms with Crippen LogP contribution >= 0.6 is 9.24 Å². The van der Waals surface area contributed by atoms with Gasteiger partial charge < -0.3 is 4.90 Å². The molecule has 2 unspecified atom stereocenters. The van der Waals surface area contributed by atoms with Gasteiger partial charge in [0.2, 0.25) is 5.91 Å². The number of hydrogen-bond donors (Lipinski definition) is 0. The lowest BCUT2D eigenvalue weighted by Gasteiger charge is -2.40. The third-order valence-corrected chi connectivity index (χ3v) is 4.34. The zero-order valence-corrected chi connectivity index (χ0v) is 8.50. The standard InChI is InChI=1S/C7H10NO2PS/c9-6-1-7-8(6)2-5(3-11)4-12(7)10/h2,7H,1,3-4,11H2/t7-,12?/m0/s1. The molecule has 0 aromatic heterocycles. The number of nitrogens with zero attached hydrogens (tertiary/aromatic N) is 1. The van der Waals surface area contributed by atoms with Gasteiger partial charge in [0.25, 0.3) is 0 Å². The molecule has 1 amide bonds. The number of carbonyl (C=O) groups excluding carboxylic acids is 1. The minimum absolute atomic E-state index is 0.0159. The second-order valence-corrected chi connectivity index (χ2v) is 4.98. The van der Waals surface area contributed by atoms with E-state index in [4.69, 9.17) is 0 Å². The quantitative estimate of drug-likeness (QED) is 0.446. The molecule has 0 aromatic carbocycles. The summed E-state index contributed by atoms with van der Waals surface area (Å²) in [7, 11) is 1.73. The summed E-state index contributed by atoms with van der Waals surface area (Å²) in [5.41, 5.74) is 1.09. The Hall–Kier alpha value is -0.210. The Morgan fingerprint density at radius 2 is 2.50 bits per heavy atom. The molecule has 2 rings (SSSR count). The van der Waals surface area contributed by atoms with Crippen molar-refractivity contribution in [1.82, 2.24) is 4.90 Å². The van der Waals surface area contributed by atoms with E-state index in [-0.39, 0.29) is 11.3 Å². The third kappa shape index (κ3) is 1.14. The summed E-state index contributed by atoms with van der Waals surface area (Å²) in [6.45, 7) is 0. The molecule has 5 heteroatoms. The van der Waals surface area contributed by atoms with Crippen LogP contribution < -0.4 is 0 Å². The Morgan fingerprint density at radius 1 is 1.75 bits per heavy atom. The first-order valence-corrected chi connectivity index (χ1v) is 6.00. The number of rotatable bonds is 1. The summed E-state index contributed by atoms with van der Waals surface area (Å²) in [5.74, 6) is 0.738. The topological polar surface area (TPSA) is 37.4 Å². The molecular weight excluding hydrogens is 193 g/mol. The normalized spacial score (nSPS) is 33.9. The van der Waals surface area contributed by atoms with Crippen LogP contribution in [0, 0.1) is 0 Å². The van der Waals surface area contributed by atoms with Crippen molar-refractivity contribution in [1.29, 1.82) is 0 Å². The number of amides is 1. The first kappa shape index (κ1) is 8.39. The molecule has 1 saturated heterocycles. The van der Waals surface area contributed by atoms with Gasteiger partial charge in [0.1, 0.15) is 5.37 Å². The number of hydrogen-bond acceptors (Lipinski definition) is 2. The number of carbonyl (C=O) groups is 1. The van der Waals surface area contributed by atoms with Crippen LogP contribution in [0.15, 0.2) is 11.8 Å². The van der Waals surface area contributed by atoms with Crippen molar-refractivity contribution in [2.75, 3.05) is 11.9 Å². The maximum Gasteiger partial charge on any atom is 0.230 e. The molecule has 66 valence electrons. The van der Waals surface area contributed by atoms with Crippen molar-refractivity contribution in [3.05, 3.63) is 11.8 Å². The van der Waals surface area contributed by atoms with E-state index in [1.165, 1.54) is 0 Å². The highest BCUT2D eigenvalue weighted by Crippen LogP contribution is 2.29. The predicted octanol–water partition coefficient (Wildman–Crippen LogP) is 0.0661. The fraction of sp³-hybridized carbons (Fsp3) is 0.571. The molecule has 0 saturated carbocycles. The number of fused-ring (bicyclic) bond motifs is 1. The summed E-state index contributed by atoms with van der Waals surface area (Å²) in [4.78, 5) is 12.6. The van der Waals surface area contributed by atoms with E-state index in [0.29, 0.717) is 12.2 Å². The van der Waals surface area contributed by atoms with Crippen molar-refractivity contribution in [3.8, 4) is 0 Å². The highest BCUT2D eigenvalue weighted by Gasteiger charge is 2.41. The average molecular weight is 203 g/mol. The summed E-state index contributed by atoms with van der Waals surface area (Å²) in [6, 6.07) is 0. The molecule has 0 aromatic rings. The predicted molar refractivity (Wildman–Crippen MR) is 50.9 cm³/mol. The van der Waals surface area contributed by atoms with Gasteiger partial charge in [-0.1, -0.05) is 0 Å². The lowest BCUT2D eigenvalue weighted by molar-refractivity contribution is -0.137. The van der Waals surface area contributed by atoms with Crippen LogP contribution in [0.1, 0.15) is 6.42 Å². The summed E-state index contributed by atoms with van der Waals surface area (Å²) < 4.78 is 11.4. The second kappa shape index (κ2) is 2.93. The highest BCUT2D eigenvalue weighted by molar-refractivity contribution is 7.86. The fourth-order valence-electron chi connectivity index (χ4n) is 1.40. The maximum absolute atomic E-state index is 11.4. The molecule has 2 aliphatic rings. The molecule has 0 aliphatic carbocycles. The van der Waals surface area contributed by atoms with Gasteiger partial charge in [0, 0.05) is 22.8 Å². The highest BCUT2D eigenvalue weighted by atomic mass is 32.2. The van der Waals surface area contributed by atoms with Crippen LogP contribution in [0.3, 0.4) is 0 Å². The van der Waals surface area contributed by atoms with E-state index in [9.17, 15) is 9.00 Å². The van der Waals surface area contributed by atoms with Crippen LogP contribution in [0.5, 0.6) is 0 Å². The Morgan fingerprint density at radius 3 is 3.08 bits per heavy atom. The Labute approximate surface area is 75.9 Å². The van der Waals surface area contributed by atoms with Crippen molar-refractivity contribution >= 4 is 25.9 Å². The van der Waals surface area contributed by atoms with Gasteiger partial charge in [-0.25, -0.2) is 0 Å². The largest absolute Gasteiger partial charge is 0.303 e. The molecule has 0 spiro atoms. The minimum atomic E-state index is -0.855. The van der Waals surface area contributed by atoms with E-state index in [1.807, 2.05) is 6.20 Å². The SMILES string of the molecule is O=C1C[C@H]2N1C=C(CP)CS2=O. The minimum Gasteiger partial charge on any atom is -0.303 e. The maximum atomic E-state index is 11.4. The Kier molecular flexibility index (Phi) is 2.05. The van der Waals surface area contributed by atoms with Gasteiger partial charge in [0.15, 0.2) is 0 Å². The smallest absolute Gasteiger partial charge is 0.230 e. The second-order valence-electron chi connectivity index (χ2n) is 2.98. The van der Waals surface area contributed by atoms with E-state index in [0.717, 1.165) is 11.7 Å². The molecule has 2 aliphatic heterocycles. The van der Waals surface area contributed by atoms with Crippen molar-refractivity contribution < 1.29 is 9.00 Å². The summed E-state index contributed by atoms with van der Waals surface area (Å²) in [6.07, 6.45) is 3.13. The molecule has 12 heavy (non-hydrogen) atoms. The molecule has 3 atom stereocenters. The molecular formula is C7H10NO2PS. The third-order valence-electron chi connectivity index (χ3n) is 2.16. The zero-order valence-electron chi connectivity index (χ0n) is 6.53. The lowest BCUT2D eigenvalue weighted by atomic mass is 10.2. The number of β-lactam (4-membered cyclic amide) rings is 1. The molecule has 0 bridgehead atoms. The van der Waals surface area contributed by atoms with Crippen LogP contribution in [-0.4, -0.2) is 32.3 Å². The molecule has 0 radical (unpaired) electrons. The Balaban J connectivity index is 2.24. The van der Waals surface area contributed by atoms with Crippen LogP contribution in [-0.2, 0) is 15.6 Å². The monoisotopic (exact) mass is 203 g/mol. The van der Waals surface area contributed by atoms with Crippen molar-refractivity contribution in [2.45, 2.75) is 11.8 Å².